The minimum Gasteiger partial charge on any atom is -0.332 e. The molecule has 2 aromatic rings. The van der Waals surface area contributed by atoms with E-state index in [-0.39, 0.29) is 39.4 Å². The normalized spacial score (nSPS) is 20.2. The van der Waals surface area contributed by atoms with Gasteiger partial charge in [-0.25, -0.2) is 4.68 Å². The van der Waals surface area contributed by atoms with E-state index in [1.165, 1.54) is 16.8 Å². The summed E-state index contributed by atoms with van der Waals surface area (Å²) in [6.45, 7) is 5.32. The van der Waals surface area contributed by atoms with Crippen LogP contribution >= 0.6 is 23.2 Å². The number of hydrogen-bond acceptors (Lipinski definition) is 5. The molecule has 1 saturated heterocycles. The monoisotopic (exact) mass is 397 g/mol. The fourth-order valence-electron chi connectivity index (χ4n) is 2.93. The summed E-state index contributed by atoms with van der Waals surface area (Å²) < 4.78 is 1.36. The first-order valence-electron chi connectivity index (χ1n) is 8.03. The molecule has 0 saturated carbocycles. The van der Waals surface area contributed by atoms with Crippen molar-refractivity contribution in [3.8, 4) is 5.69 Å². The summed E-state index contributed by atoms with van der Waals surface area (Å²) in [5, 5.41) is 18.6. The van der Waals surface area contributed by atoms with Gasteiger partial charge in [-0.2, -0.15) is 5.10 Å². The Morgan fingerprint density at radius 1 is 1.35 bits per heavy atom. The number of nitrogens with zero attached hydrogens (tertiary/aromatic N) is 4. The summed E-state index contributed by atoms with van der Waals surface area (Å²) in [6.07, 6.45) is 1.56. The molecule has 10 heteroatoms. The van der Waals surface area contributed by atoms with Gasteiger partial charge in [0.25, 0.3) is 11.6 Å². The lowest BCUT2D eigenvalue weighted by molar-refractivity contribution is -0.384. The Morgan fingerprint density at radius 3 is 2.62 bits per heavy atom. The lowest BCUT2D eigenvalue weighted by atomic mass is 10.1. The number of nitrogens with one attached hydrogen (secondary N) is 1. The van der Waals surface area contributed by atoms with Gasteiger partial charge in [-0.3, -0.25) is 14.9 Å². The van der Waals surface area contributed by atoms with Gasteiger partial charge < -0.3 is 10.2 Å². The van der Waals surface area contributed by atoms with Crippen molar-refractivity contribution in [3.05, 3.63) is 50.2 Å². The van der Waals surface area contributed by atoms with Crippen LogP contribution in [0.15, 0.2) is 24.4 Å². The number of piperazine rings is 1. The minimum atomic E-state index is -0.577. The number of carbonyl (C=O) groups is 1. The topological polar surface area (TPSA) is 93.3 Å². The Labute approximate surface area is 159 Å². The molecule has 0 radical (unpaired) electrons. The Bertz CT molecular complexity index is 846. The van der Waals surface area contributed by atoms with Gasteiger partial charge in [-0.05, 0) is 19.9 Å². The Hall–Kier alpha value is -2.16. The van der Waals surface area contributed by atoms with Crippen LogP contribution in [0.25, 0.3) is 5.69 Å². The zero-order chi connectivity index (χ0) is 19.0. The van der Waals surface area contributed by atoms with E-state index in [0.717, 1.165) is 6.54 Å². The molecule has 0 bridgehead atoms. The van der Waals surface area contributed by atoms with E-state index in [9.17, 15) is 14.9 Å². The van der Waals surface area contributed by atoms with Crippen LogP contribution < -0.4 is 5.32 Å². The molecular formula is C16H17Cl2N5O3. The minimum absolute atomic E-state index is 0.0351. The average molecular weight is 398 g/mol. The predicted molar refractivity (Wildman–Crippen MR) is 98.2 cm³/mol. The molecular weight excluding hydrogens is 381 g/mol. The van der Waals surface area contributed by atoms with Crippen molar-refractivity contribution in [1.82, 2.24) is 20.0 Å². The van der Waals surface area contributed by atoms with Crippen molar-refractivity contribution in [3.63, 3.8) is 0 Å². The maximum absolute atomic E-state index is 12.8. The predicted octanol–water partition coefficient (Wildman–Crippen LogP) is 2.91. The summed E-state index contributed by atoms with van der Waals surface area (Å²) in [5.74, 6) is -0.182. The van der Waals surface area contributed by atoms with Gasteiger partial charge in [-0.15, -0.1) is 0 Å². The summed E-state index contributed by atoms with van der Waals surface area (Å²) in [6, 6.07) is 4.20. The average Bonchev–Trinajstić information content (AvgIpc) is 3.05. The highest BCUT2D eigenvalue weighted by atomic mass is 35.5. The number of halogens is 2. The number of hydrogen-bond donors (Lipinski definition) is 1. The van der Waals surface area contributed by atoms with E-state index >= 15 is 0 Å². The number of non-ortho nitro benzene ring substituents is 1. The van der Waals surface area contributed by atoms with Gasteiger partial charge in [0, 0.05) is 43.5 Å². The van der Waals surface area contributed by atoms with Gasteiger partial charge in [0.2, 0.25) is 0 Å². The highest BCUT2D eigenvalue weighted by Gasteiger charge is 2.30. The van der Waals surface area contributed by atoms with Crippen LogP contribution in [0.1, 0.15) is 24.3 Å². The van der Waals surface area contributed by atoms with Crippen molar-refractivity contribution in [2.75, 3.05) is 13.1 Å². The van der Waals surface area contributed by atoms with E-state index in [2.05, 4.69) is 10.4 Å². The van der Waals surface area contributed by atoms with E-state index in [1.807, 2.05) is 13.8 Å². The number of amides is 1. The SMILES string of the molecule is CC1NCCN(C(=O)c2ccn(-c3c(Cl)cc([N+](=O)[O-])cc3Cl)n2)C1C. The Kier molecular flexibility index (Phi) is 5.17. The second-order valence-corrected chi connectivity index (χ2v) is 6.96. The van der Waals surface area contributed by atoms with E-state index in [0.29, 0.717) is 12.2 Å². The van der Waals surface area contributed by atoms with Crippen LogP contribution in [-0.2, 0) is 0 Å². The smallest absolute Gasteiger partial charge is 0.274 e. The molecule has 1 aromatic carbocycles. The molecule has 2 unspecified atom stereocenters. The molecule has 3 rings (SSSR count). The first-order chi connectivity index (χ1) is 12.3. The third-order valence-corrected chi connectivity index (χ3v) is 5.12. The number of benzene rings is 1. The molecule has 1 fully saturated rings. The Morgan fingerprint density at radius 2 is 2.00 bits per heavy atom. The number of rotatable bonds is 3. The molecule has 0 aliphatic carbocycles. The summed E-state index contributed by atoms with van der Waals surface area (Å²) in [5.41, 5.74) is 0.340. The molecule has 1 aliphatic heterocycles. The first kappa shape index (κ1) is 18.6. The fourth-order valence-corrected chi connectivity index (χ4v) is 3.58. The number of nitro groups is 1. The van der Waals surface area contributed by atoms with Crippen molar-refractivity contribution >= 4 is 34.8 Å². The molecule has 1 aromatic heterocycles. The molecule has 26 heavy (non-hydrogen) atoms. The second kappa shape index (κ2) is 7.22. The largest absolute Gasteiger partial charge is 0.332 e. The third kappa shape index (κ3) is 3.40. The molecule has 8 nitrogen and oxygen atoms in total. The maximum Gasteiger partial charge on any atom is 0.274 e. The van der Waals surface area contributed by atoms with E-state index in [4.69, 9.17) is 23.2 Å². The van der Waals surface area contributed by atoms with Gasteiger partial charge >= 0.3 is 0 Å². The first-order valence-corrected chi connectivity index (χ1v) is 8.79. The summed E-state index contributed by atoms with van der Waals surface area (Å²) >= 11 is 12.3. The van der Waals surface area contributed by atoms with Crippen molar-refractivity contribution in [1.29, 1.82) is 0 Å². The summed E-state index contributed by atoms with van der Waals surface area (Å²) in [4.78, 5) is 24.9. The van der Waals surface area contributed by atoms with Crippen molar-refractivity contribution in [2.45, 2.75) is 25.9 Å². The highest BCUT2D eigenvalue weighted by Crippen LogP contribution is 2.33. The molecule has 1 aliphatic rings. The molecule has 1 amide bonds. The zero-order valence-electron chi connectivity index (χ0n) is 14.1. The summed E-state index contributed by atoms with van der Waals surface area (Å²) in [7, 11) is 0. The molecule has 0 spiro atoms. The quantitative estimate of drug-likeness (QED) is 0.634. The molecule has 1 N–H and O–H groups in total. The molecule has 138 valence electrons. The van der Waals surface area contributed by atoms with Gasteiger partial charge in [0.05, 0.1) is 15.0 Å². The van der Waals surface area contributed by atoms with E-state index in [1.54, 1.807) is 17.2 Å². The number of aromatic nitrogens is 2. The van der Waals surface area contributed by atoms with Gasteiger partial charge in [-0.1, -0.05) is 23.2 Å². The van der Waals surface area contributed by atoms with Gasteiger partial charge in [0.15, 0.2) is 5.69 Å². The third-order valence-electron chi connectivity index (χ3n) is 4.54. The van der Waals surface area contributed by atoms with Crippen LogP contribution in [0.4, 0.5) is 5.69 Å². The van der Waals surface area contributed by atoms with E-state index < -0.39 is 4.92 Å². The highest BCUT2D eigenvalue weighted by molar-refractivity contribution is 6.38. The molecule has 2 atom stereocenters. The van der Waals surface area contributed by atoms with Crippen molar-refractivity contribution < 1.29 is 9.72 Å². The van der Waals surface area contributed by atoms with Crippen LogP contribution in [-0.4, -0.2) is 50.7 Å². The van der Waals surface area contributed by atoms with Crippen molar-refractivity contribution in [2.24, 2.45) is 0 Å². The van der Waals surface area contributed by atoms with Crippen LogP contribution in [0.5, 0.6) is 0 Å². The maximum atomic E-state index is 12.8. The lowest BCUT2D eigenvalue weighted by Gasteiger charge is -2.38. The van der Waals surface area contributed by atoms with Gasteiger partial charge in [0.1, 0.15) is 5.69 Å². The number of carbonyl (C=O) groups excluding carboxylic acids is 1. The van der Waals surface area contributed by atoms with Crippen LogP contribution in [0.3, 0.4) is 0 Å². The zero-order valence-corrected chi connectivity index (χ0v) is 15.7. The number of nitro benzene ring substituents is 1. The van der Waals surface area contributed by atoms with Crippen LogP contribution in [0, 0.1) is 10.1 Å². The van der Waals surface area contributed by atoms with Crippen LogP contribution in [0.2, 0.25) is 10.0 Å². The standard InChI is InChI=1S/C16H17Cl2N5O3/c1-9-10(2)21(6-4-19-9)16(24)14-3-5-22(20-14)15-12(17)7-11(23(25)26)8-13(15)18/h3,5,7-10,19H,4,6H2,1-2H3. The lowest BCUT2D eigenvalue weighted by Crippen LogP contribution is -2.57. The second-order valence-electron chi connectivity index (χ2n) is 6.14. The Balaban J connectivity index is 1.91. The molecule has 2 heterocycles. The fraction of sp³-hybridized carbons (Fsp3) is 0.375.